The molecule has 2 aromatic carbocycles. The third-order valence-electron chi connectivity index (χ3n) is 3.22. The summed E-state index contributed by atoms with van der Waals surface area (Å²) in [7, 11) is 0. The van der Waals surface area contributed by atoms with Gasteiger partial charge in [0, 0.05) is 19.4 Å². The van der Waals surface area contributed by atoms with Gasteiger partial charge < -0.3 is 10.6 Å². The Labute approximate surface area is 165 Å². The molecule has 1 aromatic heterocycles. The Hall–Kier alpha value is -2.27. The third kappa shape index (κ3) is 4.42. The van der Waals surface area contributed by atoms with Gasteiger partial charge in [-0.15, -0.1) is 0 Å². The summed E-state index contributed by atoms with van der Waals surface area (Å²) in [5, 5.41) is 17.5. The molecule has 25 heavy (non-hydrogen) atoms. The molecule has 0 fully saturated rings. The largest absolute Gasteiger partial charge is 0.353 e. The molecule has 1 heterocycles. The summed E-state index contributed by atoms with van der Waals surface area (Å²) < 4.78 is 1.98. The van der Waals surface area contributed by atoms with Crippen LogP contribution in [0.5, 0.6) is 0 Å². The molecule has 0 atom stereocenters. The van der Waals surface area contributed by atoms with Crippen LogP contribution >= 0.6 is 38.5 Å². The van der Waals surface area contributed by atoms with Crippen LogP contribution in [0.1, 0.15) is 0 Å². The van der Waals surface area contributed by atoms with Crippen molar-refractivity contribution >= 4 is 67.2 Å². The standard InChI is InChI=1S/C16H11BrIN5O2/c17-10-1-5-12(6-2-10)21-15-14(23(24)25)16(20-9-19-15)22-13-7-3-11(18)4-8-13/h1-9H,(H2,19,20,21,22). The van der Waals surface area contributed by atoms with Crippen molar-refractivity contribution < 1.29 is 4.92 Å². The van der Waals surface area contributed by atoms with Crippen molar-refractivity contribution in [3.05, 3.63) is 73.0 Å². The predicted octanol–water partition coefficient (Wildman–Crippen LogP) is 5.24. The first-order valence-corrected chi connectivity index (χ1v) is 8.94. The molecular formula is C16H11BrIN5O2. The summed E-state index contributed by atoms with van der Waals surface area (Å²) in [6.45, 7) is 0. The maximum absolute atomic E-state index is 11.6. The maximum atomic E-state index is 11.6. The van der Waals surface area contributed by atoms with E-state index >= 15 is 0 Å². The lowest BCUT2D eigenvalue weighted by Gasteiger charge is -2.10. The first-order chi connectivity index (χ1) is 12.0. The molecule has 7 nitrogen and oxygen atoms in total. The molecule has 9 heteroatoms. The minimum Gasteiger partial charge on any atom is -0.334 e. The second kappa shape index (κ2) is 7.74. The molecular weight excluding hydrogens is 501 g/mol. The topological polar surface area (TPSA) is 93.0 Å². The Balaban J connectivity index is 1.94. The third-order valence-corrected chi connectivity index (χ3v) is 4.47. The normalized spacial score (nSPS) is 10.3. The van der Waals surface area contributed by atoms with Crippen molar-refractivity contribution in [1.82, 2.24) is 9.97 Å². The number of hydrogen-bond acceptors (Lipinski definition) is 6. The fraction of sp³-hybridized carbons (Fsp3) is 0. The van der Waals surface area contributed by atoms with Gasteiger partial charge in [0.15, 0.2) is 0 Å². The first kappa shape index (κ1) is 17.5. The summed E-state index contributed by atoms with van der Waals surface area (Å²) >= 11 is 5.54. The van der Waals surface area contributed by atoms with Crippen molar-refractivity contribution in [3.8, 4) is 0 Å². The number of nitro groups is 1. The molecule has 0 amide bonds. The van der Waals surface area contributed by atoms with Gasteiger partial charge in [0.1, 0.15) is 6.33 Å². The van der Waals surface area contributed by atoms with Gasteiger partial charge in [-0.1, -0.05) is 15.9 Å². The summed E-state index contributed by atoms with van der Waals surface area (Å²) in [5.74, 6) is 0.246. The quantitative estimate of drug-likeness (QED) is 0.276. The van der Waals surface area contributed by atoms with Crippen molar-refractivity contribution in [2.75, 3.05) is 10.6 Å². The number of benzene rings is 2. The van der Waals surface area contributed by atoms with Gasteiger partial charge in [0.25, 0.3) is 0 Å². The van der Waals surface area contributed by atoms with E-state index in [0.29, 0.717) is 11.4 Å². The van der Waals surface area contributed by atoms with Gasteiger partial charge in [-0.25, -0.2) is 9.97 Å². The van der Waals surface area contributed by atoms with Gasteiger partial charge in [0.05, 0.1) is 4.92 Å². The summed E-state index contributed by atoms with van der Waals surface area (Å²) in [6.07, 6.45) is 1.28. The van der Waals surface area contributed by atoms with E-state index in [-0.39, 0.29) is 17.3 Å². The maximum Gasteiger partial charge on any atom is 0.353 e. The van der Waals surface area contributed by atoms with Crippen LogP contribution in [0.15, 0.2) is 59.3 Å². The number of nitrogens with one attached hydrogen (secondary N) is 2. The van der Waals surface area contributed by atoms with Crippen LogP contribution in [-0.2, 0) is 0 Å². The summed E-state index contributed by atoms with van der Waals surface area (Å²) in [6, 6.07) is 14.7. The highest BCUT2D eigenvalue weighted by atomic mass is 127. The molecule has 0 bridgehead atoms. The Morgan fingerprint density at radius 3 is 1.88 bits per heavy atom. The van der Waals surface area contributed by atoms with Crippen LogP contribution in [0.3, 0.4) is 0 Å². The lowest BCUT2D eigenvalue weighted by Crippen LogP contribution is -2.05. The predicted molar refractivity (Wildman–Crippen MR) is 109 cm³/mol. The second-order valence-corrected chi connectivity index (χ2v) is 7.10. The lowest BCUT2D eigenvalue weighted by atomic mass is 10.3. The Kier molecular flexibility index (Phi) is 5.43. The van der Waals surface area contributed by atoms with Crippen LogP contribution in [-0.4, -0.2) is 14.9 Å². The number of hydrogen-bond donors (Lipinski definition) is 2. The zero-order chi connectivity index (χ0) is 17.8. The molecule has 0 unspecified atom stereocenters. The van der Waals surface area contributed by atoms with Crippen LogP contribution < -0.4 is 10.6 Å². The lowest BCUT2D eigenvalue weighted by molar-refractivity contribution is -0.383. The van der Waals surface area contributed by atoms with E-state index in [9.17, 15) is 10.1 Å². The summed E-state index contributed by atoms with van der Waals surface area (Å²) in [4.78, 5) is 19.1. The molecule has 126 valence electrons. The Bertz CT molecular complexity index is 838. The van der Waals surface area contributed by atoms with Gasteiger partial charge in [-0.3, -0.25) is 10.1 Å². The van der Waals surface area contributed by atoms with E-state index < -0.39 is 4.92 Å². The van der Waals surface area contributed by atoms with Crippen LogP contribution in [0.4, 0.5) is 28.7 Å². The highest BCUT2D eigenvalue weighted by Gasteiger charge is 2.23. The number of halogens is 2. The van der Waals surface area contributed by atoms with E-state index in [1.54, 1.807) is 12.1 Å². The first-order valence-electron chi connectivity index (χ1n) is 7.07. The SMILES string of the molecule is O=[N+]([O-])c1c(Nc2ccc(Br)cc2)ncnc1Nc1ccc(I)cc1. The highest BCUT2D eigenvalue weighted by molar-refractivity contribution is 14.1. The monoisotopic (exact) mass is 511 g/mol. The molecule has 0 aliphatic rings. The van der Waals surface area contributed by atoms with Crippen molar-refractivity contribution in [2.45, 2.75) is 0 Å². The fourth-order valence-electron chi connectivity index (χ4n) is 2.07. The van der Waals surface area contributed by atoms with Gasteiger partial charge in [-0.05, 0) is 71.1 Å². The molecule has 0 radical (unpaired) electrons. The molecule has 0 aliphatic heterocycles. The Morgan fingerprint density at radius 1 is 0.920 bits per heavy atom. The number of nitrogens with zero attached hydrogens (tertiary/aromatic N) is 3. The van der Waals surface area contributed by atoms with Gasteiger partial charge in [0.2, 0.25) is 11.6 Å². The zero-order valence-electron chi connectivity index (χ0n) is 12.6. The van der Waals surface area contributed by atoms with E-state index in [1.807, 2.05) is 36.4 Å². The highest BCUT2D eigenvalue weighted by Crippen LogP contribution is 2.33. The summed E-state index contributed by atoms with van der Waals surface area (Å²) in [5.41, 5.74) is 1.17. The minimum absolute atomic E-state index is 0.121. The second-order valence-electron chi connectivity index (χ2n) is 4.94. The van der Waals surface area contributed by atoms with Crippen molar-refractivity contribution in [1.29, 1.82) is 0 Å². The minimum atomic E-state index is -0.504. The molecule has 3 rings (SSSR count). The average molecular weight is 512 g/mol. The van der Waals surface area contributed by atoms with Crippen LogP contribution in [0.2, 0.25) is 0 Å². The molecule has 0 saturated carbocycles. The number of anilines is 4. The van der Waals surface area contributed by atoms with Crippen molar-refractivity contribution in [3.63, 3.8) is 0 Å². The average Bonchev–Trinajstić information content (AvgIpc) is 2.59. The number of aromatic nitrogens is 2. The molecule has 0 saturated heterocycles. The Morgan fingerprint density at radius 2 is 1.40 bits per heavy atom. The molecule has 0 spiro atoms. The van der Waals surface area contributed by atoms with Gasteiger partial charge >= 0.3 is 5.69 Å². The number of rotatable bonds is 5. The van der Waals surface area contributed by atoms with E-state index in [4.69, 9.17) is 0 Å². The van der Waals surface area contributed by atoms with E-state index in [1.165, 1.54) is 6.33 Å². The smallest absolute Gasteiger partial charge is 0.334 e. The van der Waals surface area contributed by atoms with Crippen LogP contribution in [0.25, 0.3) is 0 Å². The molecule has 3 aromatic rings. The van der Waals surface area contributed by atoms with Crippen LogP contribution in [0, 0.1) is 13.7 Å². The van der Waals surface area contributed by atoms with E-state index in [0.717, 1.165) is 8.04 Å². The molecule has 0 aliphatic carbocycles. The zero-order valence-corrected chi connectivity index (χ0v) is 16.4. The van der Waals surface area contributed by atoms with Crippen molar-refractivity contribution in [2.24, 2.45) is 0 Å². The van der Waals surface area contributed by atoms with E-state index in [2.05, 4.69) is 59.1 Å². The van der Waals surface area contributed by atoms with Gasteiger partial charge in [-0.2, -0.15) is 0 Å². The fourth-order valence-corrected chi connectivity index (χ4v) is 2.70. The molecule has 2 N–H and O–H groups in total.